The van der Waals surface area contributed by atoms with Crippen molar-refractivity contribution in [2.45, 2.75) is 0 Å². The SMILES string of the molecule is CN1CCN(C)CCN(S(C)(=O)=O)CCN(C)CC1. The topological polar surface area (TPSA) is 47.1 Å². The van der Waals surface area contributed by atoms with Crippen LogP contribution in [0.5, 0.6) is 0 Å². The number of sulfonamides is 1. The lowest BCUT2D eigenvalue weighted by Gasteiger charge is -2.29. The van der Waals surface area contributed by atoms with E-state index in [0.29, 0.717) is 13.1 Å². The molecule has 0 aliphatic carbocycles. The summed E-state index contributed by atoms with van der Waals surface area (Å²) in [5, 5.41) is 0. The van der Waals surface area contributed by atoms with Crippen LogP contribution < -0.4 is 0 Å². The summed E-state index contributed by atoms with van der Waals surface area (Å²) in [4.78, 5) is 6.71. The summed E-state index contributed by atoms with van der Waals surface area (Å²) in [5.74, 6) is 0. The maximum Gasteiger partial charge on any atom is 0.211 e. The molecule has 114 valence electrons. The Kier molecular flexibility index (Phi) is 6.68. The number of rotatable bonds is 1. The van der Waals surface area contributed by atoms with E-state index in [1.54, 1.807) is 4.31 Å². The normalized spacial score (nSPS) is 24.8. The number of hydrogen-bond acceptors (Lipinski definition) is 5. The number of hydrogen-bond donors (Lipinski definition) is 0. The highest BCUT2D eigenvalue weighted by Crippen LogP contribution is 2.01. The van der Waals surface area contributed by atoms with Crippen molar-refractivity contribution in [3.63, 3.8) is 0 Å². The summed E-state index contributed by atoms with van der Waals surface area (Å²) in [6.07, 6.45) is 1.30. The molecule has 6 nitrogen and oxygen atoms in total. The third-order valence-corrected chi connectivity index (χ3v) is 4.96. The van der Waals surface area contributed by atoms with Crippen LogP contribution in [0, 0.1) is 0 Å². The Hall–Kier alpha value is -0.210. The van der Waals surface area contributed by atoms with Crippen LogP contribution in [0.25, 0.3) is 0 Å². The first-order valence-electron chi connectivity index (χ1n) is 6.80. The molecule has 0 aromatic carbocycles. The van der Waals surface area contributed by atoms with Gasteiger partial charge in [-0.2, -0.15) is 4.31 Å². The second-order valence-electron chi connectivity index (χ2n) is 5.57. The molecule has 0 aromatic heterocycles. The highest BCUT2D eigenvalue weighted by molar-refractivity contribution is 7.88. The lowest BCUT2D eigenvalue weighted by atomic mass is 10.4. The van der Waals surface area contributed by atoms with Crippen LogP contribution in [0.2, 0.25) is 0 Å². The van der Waals surface area contributed by atoms with E-state index in [0.717, 1.165) is 39.3 Å². The summed E-state index contributed by atoms with van der Waals surface area (Å²) in [5.41, 5.74) is 0. The molecule has 0 unspecified atom stereocenters. The molecule has 0 N–H and O–H groups in total. The Morgan fingerprint density at radius 2 is 0.895 bits per heavy atom. The third kappa shape index (κ3) is 6.67. The Labute approximate surface area is 118 Å². The highest BCUT2D eigenvalue weighted by atomic mass is 32.2. The van der Waals surface area contributed by atoms with E-state index in [1.165, 1.54) is 6.26 Å². The van der Waals surface area contributed by atoms with Gasteiger partial charge in [0.05, 0.1) is 6.26 Å². The van der Waals surface area contributed by atoms with Crippen LogP contribution in [0.15, 0.2) is 0 Å². The maximum absolute atomic E-state index is 11.7. The van der Waals surface area contributed by atoms with Gasteiger partial charge in [0.15, 0.2) is 0 Å². The van der Waals surface area contributed by atoms with Crippen molar-refractivity contribution < 1.29 is 8.42 Å². The average molecular weight is 292 g/mol. The Balaban J connectivity index is 2.65. The molecule has 0 saturated carbocycles. The van der Waals surface area contributed by atoms with Crippen LogP contribution in [0.4, 0.5) is 0 Å². The van der Waals surface area contributed by atoms with Gasteiger partial charge in [-0.25, -0.2) is 8.42 Å². The summed E-state index contributed by atoms with van der Waals surface area (Å²) in [7, 11) is 3.13. The zero-order chi connectivity index (χ0) is 14.5. The van der Waals surface area contributed by atoms with Crippen LogP contribution in [0.1, 0.15) is 0 Å². The van der Waals surface area contributed by atoms with Crippen LogP contribution in [-0.2, 0) is 10.0 Å². The quantitative estimate of drug-likeness (QED) is 0.624. The van der Waals surface area contributed by atoms with Crippen molar-refractivity contribution in [3.05, 3.63) is 0 Å². The van der Waals surface area contributed by atoms with Crippen molar-refractivity contribution in [1.82, 2.24) is 19.0 Å². The first-order chi connectivity index (χ1) is 8.79. The van der Waals surface area contributed by atoms with Crippen molar-refractivity contribution in [3.8, 4) is 0 Å². The predicted octanol–water partition coefficient (Wildman–Crippen LogP) is -0.943. The van der Waals surface area contributed by atoms with E-state index in [-0.39, 0.29) is 0 Å². The van der Waals surface area contributed by atoms with E-state index in [4.69, 9.17) is 0 Å². The van der Waals surface area contributed by atoms with Crippen molar-refractivity contribution in [2.24, 2.45) is 0 Å². The minimum atomic E-state index is -3.10. The first-order valence-corrected chi connectivity index (χ1v) is 8.64. The fourth-order valence-corrected chi connectivity index (χ4v) is 2.85. The molecule has 0 spiro atoms. The molecular weight excluding hydrogens is 264 g/mol. The number of likely N-dealkylation sites (N-methyl/N-ethyl adjacent to an activating group) is 3. The average Bonchev–Trinajstić information content (AvgIpc) is 2.30. The molecule has 0 amide bonds. The van der Waals surface area contributed by atoms with E-state index < -0.39 is 10.0 Å². The largest absolute Gasteiger partial charge is 0.304 e. The minimum absolute atomic E-state index is 0.576. The van der Waals surface area contributed by atoms with Crippen LogP contribution in [0.3, 0.4) is 0 Å². The molecule has 7 heteroatoms. The highest BCUT2D eigenvalue weighted by Gasteiger charge is 2.18. The molecule has 0 radical (unpaired) electrons. The van der Waals surface area contributed by atoms with Gasteiger partial charge in [-0.05, 0) is 21.1 Å². The van der Waals surface area contributed by atoms with E-state index in [2.05, 4.69) is 21.7 Å². The van der Waals surface area contributed by atoms with Gasteiger partial charge in [0.25, 0.3) is 0 Å². The lowest BCUT2D eigenvalue weighted by molar-refractivity contribution is 0.199. The molecule has 1 heterocycles. The zero-order valence-corrected chi connectivity index (χ0v) is 13.5. The Bertz CT molecular complexity index is 343. The molecule has 0 atom stereocenters. The lowest BCUT2D eigenvalue weighted by Crippen LogP contribution is -2.44. The van der Waals surface area contributed by atoms with Crippen LogP contribution in [-0.4, -0.2) is 107 Å². The standard InChI is InChI=1S/C12H28N4O2S/c1-13-5-7-14(2)9-11-16(19(4,17)18)12-10-15(3)8-6-13/h5-12H2,1-4H3. The second-order valence-corrected chi connectivity index (χ2v) is 7.55. The van der Waals surface area contributed by atoms with Gasteiger partial charge in [-0.15, -0.1) is 0 Å². The summed E-state index contributed by atoms with van der Waals surface area (Å²) in [6, 6.07) is 0. The van der Waals surface area contributed by atoms with Gasteiger partial charge in [0.2, 0.25) is 10.0 Å². The van der Waals surface area contributed by atoms with Gasteiger partial charge in [0.1, 0.15) is 0 Å². The summed E-state index contributed by atoms with van der Waals surface area (Å²) < 4.78 is 25.1. The van der Waals surface area contributed by atoms with E-state index >= 15 is 0 Å². The van der Waals surface area contributed by atoms with Gasteiger partial charge >= 0.3 is 0 Å². The molecular formula is C12H28N4O2S. The van der Waals surface area contributed by atoms with Gasteiger partial charge in [-0.3, -0.25) is 0 Å². The summed E-state index contributed by atoms with van der Waals surface area (Å²) >= 11 is 0. The smallest absolute Gasteiger partial charge is 0.211 e. The molecule has 1 saturated heterocycles. The van der Waals surface area contributed by atoms with E-state index in [1.807, 2.05) is 14.1 Å². The van der Waals surface area contributed by atoms with Crippen molar-refractivity contribution >= 4 is 10.0 Å². The van der Waals surface area contributed by atoms with E-state index in [9.17, 15) is 8.42 Å². The molecule has 1 fully saturated rings. The van der Waals surface area contributed by atoms with Crippen LogP contribution >= 0.6 is 0 Å². The number of nitrogens with zero attached hydrogens (tertiary/aromatic N) is 4. The Morgan fingerprint density at radius 1 is 0.632 bits per heavy atom. The van der Waals surface area contributed by atoms with Crippen molar-refractivity contribution in [2.75, 3.05) is 79.8 Å². The predicted molar refractivity (Wildman–Crippen MR) is 78.9 cm³/mol. The van der Waals surface area contributed by atoms with Gasteiger partial charge in [0, 0.05) is 52.4 Å². The fraction of sp³-hybridized carbons (Fsp3) is 1.00. The monoisotopic (exact) mass is 292 g/mol. The van der Waals surface area contributed by atoms with Crippen molar-refractivity contribution in [1.29, 1.82) is 0 Å². The van der Waals surface area contributed by atoms with Gasteiger partial charge < -0.3 is 14.7 Å². The molecule has 0 bridgehead atoms. The van der Waals surface area contributed by atoms with Gasteiger partial charge in [-0.1, -0.05) is 0 Å². The molecule has 1 aliphatic heterocycles. The molecule has 0 aromatic rings. The first kappa shape index (κ1) is 16.8. The minimum Gasteiger partial charge on any atom is -0.304 e. The molecule has 1 rings (SSSR count). The molecule has 1 aliphatic rings. The second kappa shape index (κ2) is 7.54. The maximum atomic E-state index is 11.7. The summed E-state index contributed by atoms with van der Waals surface area (Å²) in [6.45, 7) is 6.69. The molecule has 19 heavy (non-hydrogen) atoms. The zero-order valence-electron chi connectivity index (χ0n) is 12.7. The Morgan fingerprint density at radius 3 is 1.16 bits per heavy atom. The third-order valence-electron chi connectivity index (χ3n) is 3.66. The fourth-order valence-electron chi connectivity index (χ4n) is 2.03.